The van der Waals surface area contributed by atoms with Gasteiger partial charge in [-0.15, -0.1) is 0 Å². The van der Waals surface area contributed by atoms with Gasteiger partial charge < -0.3 is 15.0 Å². The van der Waals surface area contributed by atoms with Crippen LogP contribution < -0.4 is 10.1 Å². The van der Waals surface area contributed by atoms with Crippen LogP contribution in [0.25, 0.3) is 0 Å². The maximum absolute atomic E-state index is 12.5. The molecule has 1 atom stereocenters. The van der Waals surface area contributed by atoms with Crippen LogP contribution >= 0.6 is 0 Å². The quantitative estimate of drug-likeness (QED) is 0.868. The average molecular weight is 357 g/mol. The molecule has 2 amide bonds. The average Bonchev–Trinajstić information content (AvgIpc) is 3.05. The SMILES string of the molecule is COc1ccnc(C(=O)N[C@@H]2CCCc3cn(CC(=O)N(C)C)nc32)c1. The number of carbonyl (C=O) groups is 2. The maximum atomic E-state index is 12.5. The van der Waals surface area contributed by atoms with Gasteiger partial charge in [-0.1, -0.05) is 0 Å². The second-order valence-corrected chi connectivity index (χ2v) is 6.52. The lowest BCUT2D eigenvalue weighted by molar-refractivity contribution is -0.129. The number of ether oxygens (including phenoxy) is 1. The molecule has 1 N–H and O–H groups in total. The Labute approximate surface area is 152 Å². The van der Waals surface area contributed by atoms with E-state index in [1.807, 2.05) is 6.20 Å². The van der Waals surface area contributed by atoms with Gasteiger partial charge >= 0.3 is 0 Å². The predicted octanol–water partition coefficient (Wildman–Crippen LogP) is 1.18. The highest BCUT2D eigenvalue weighted by atomic mass is 16.5. The van der Waals surface area contributed by atoms with E-state index >= 15 is 0 Å². The van der Waals surface area contributed by atoms with Crippen LogP contribution in [0.4, 0.5) is 0 Å². The van der Waals surface area contributed by atoms with Crippen molar-refractivity contribution in [2.75, 3.05) is 21.2 Å². The molecule has 8 nitrogen and oxygen atoms in total. The number of fused-ring (bicyclic) bond motifs is 1. The van der Waals surface area contributed by atoms with Crippen molar-refractivity contribution in [3.05, 3.63) is 41.5 Å². The Kier molecular flexibility index (Phi) is 5.20. The van der Waals surface area contributed by atoms with Gasteiger partial charge in [0.2, 0.25) is 5.91 Å². The minimum absolute atomic E-state index is 0.0222. The maximum Gasteiger partial charge on any atom is 0.270 e. The first-order chi connectivity index (χ1) is 12.5. The summed E-state index contributed by atoms with van der Waals surface area (Å²) in [5.74, 6) is 0.299. The van der Waals surface area contributed by atoms with Crippen molar-refractivity contribution < 1.29 is 14.3 Å². The minimum atomic E-state index is -0.263. The second kappa shape index (κ2) is 7.55. The van der Waals surface area contributed by atoms with Crippen LogP contribution in [0, 0.1) is 0 Å². The van der Waals surface area contributed by atoms with E-state index < -0.39 is 0 Å². The first kappa shape index (κ1) is 17.9. The Bertz CT molecular complexity index is 815. The molecule has 0 spiro atoms. The van der Waals surface area contributed by atoms with Crippen molar-refractivity contribution in [2.45, 2.75) is 31.8 Å². The van der Waals surface area contributed by atoms with E-state index in [2.05, 4.69) is 15.4 Å². The number of rotatable bonds is 5. The summed E-state index contributed by atoms with van der Waals surface area (Å²) in [5, 5.41) is 7.55. The van der Waals surface area contributed by atoms with Gasteiger partial charge in [0.05, 0.1) is 18.8 Å². The molecule has 1 aliphatic rings. The van der Waals surface area contributed by atoms with E-state index in [9.17, 15) is 9.59 Å². The Morgan fingerprint density at radius 1 is 1.42 bits per heavy atom. The molecular weight excluding hydrogens is 334 g/mol. The third kappa shape index (κ3) is 3.84. The Balaban J connectivity index is 1.75. The molecule has 2 heterocycles. The highest BCUT2D eigenvalue weighted by molar-refractivity contribution is 5.92. The standard InChI is InChI=1S/C18H23N5O3/c1-22(2)16(24)11-23-10-12-5-4-6-14(17(12)21-23)20-18(25)15-9-13(26-3)7-8-19-15/h7-10,14H,4-6,11H2,1-3H3,(H,20,25)/t14-/m1/s1. The molecule has 8 heteroatoms. The van der Waals surface area contributed by atoms with Gasteiger partial charge in [-0.2, -0.15) is 5.10 Å². The molecule has 0 unspecified atom stereocenters. The molecule has 0 aliphatic heterocycles. The number of aromatic nitrogens is 3. The van der Waals surface area contributed by atoms with Gasteiger partial charge in [0, 0.05) is 32.6 Å². The topological polar surface area (TPSA) is 89.3 Å². The summed E-state index contributed by atoms with van der Waals surface area (Å²) in [4.78, 5) is 30.1. The molecule has 0 fully saturated rings. The summed E-state index contributed by atoms with van der Waals surface area (Å²) in [7, 11) is 4.98. The van der Waals surface area contributed by atoms with Crippen molar-refractivity contribution in [3.63, 3.8) is 0 Å². The largest absolute Gasteiger partial charge is 0.497 e. The van der Waals surface area contributed by atoms with E-state index in [0.29, 0.717) is 11.4 Å². The number of likely N-dealkylation sites (N-methyl/N-ethyl adjacent to an activating group) is 1. The second-order valence-electron chi connectivity index (χ2n) is 6.52. The number of amides is 2. The molecule has 3 rings (SSSR count). The van der Waals surface area contributed by atoms with Crippen molar-refractivity contribution in [3.8, 4) is 5.75 Å². The van der Waals surface area contributed by atoms with Gasteiger partial charge in [-0.05, 0) is 30.9 Å². The molecule has 0 bridgehead atoms. The lowest BCUT2D eigenvalue weighted by Gasteiger charge is -2.22. The molecule has 2 aromatic rings. The smallest absolute Gasteiger partial charge is 0.270 e. The summed E-state index contributed by atoms with van der Waals surface area (Å²) in [5.41, 5.74) is 2.21. The summed E-state index contributed by atoms with van der Waals surface area (Å²) < 4.78 is 6.79. The fourth-order valence-electron chi connectivity index (χ4n) is 2.99. The molecule has 2 aromatic heterocycles. The first-order valence-electron chi connectivity index (χ1n) is 8.55. The van der Waals surface area contributed by atoms with Crippen molar-refractivity contribution >= 4 is 11.8 Å². The molecule has 0 radical (unpaired) electrons. The van der Waals surface area contributed by atoms with Gasteiger partial charge in [-0.3, -0.25) is 19.3 Å². The molecular formula is C18H23N5O3. The monoisotopic (exact) mass is 357 g/mol. The zero-order valence-corrected chi connectivity index (χ0v) is 15.2. The first-order valence-corrected chi connectivity index (χ1v) is 8.55. The highest BCUT2D eigenvalue weighted by Gasteiger charge is 2.26. The number of methoxy groups -OCH3 is 1. The molecule has 1 aliphatic carbocycles. The molecule has 0 saturated carbocycles. The zero-order chi connectivity index (χ0) is 18.7. The van der Waals surface area contributed by atoms with Crippen LogP contribution in [0.5, 0.6) is 5.75 Å². The number of aryl methyl sites for hydroxylation is 1. The number of nitrogens with one attached hydrogen (secondary N) is 1. The number of hydrogen-bond donors (Lipinski definition) is 1. The van der Waals surface area contributed by atoms with Crippen LogP contribution in [0.2, 0.25) is 0 Å². The third-order valence-corrected chi connectivity index (χ3v) is 4.44. The molecule has 0 aromatic carbocycles. The number of hydrogen-bond acceptors (Lipinski definition) is 5. The van der Waals surface area contributed by atoms with E-state index in [4.69, 9.17) is 4.74 Å². The van der Waals surface area contributed by atoms with Gasteiger partial charge in [0.15, 0.2) is 0 Å². The van der Waals surface area contributed by atoms with Crippen molar-refractivity contribution in [1.29, 1.82) is 0 Å². The van der Waals surface area contributed by atoms with Gasteiger partial charge in [0.25, 0.3) is 5.91 Å². The normalized spacial score (nSPS) is 15.9. The van der Waals surface area contributed by atoms with Crippen LogP contribution in [0.15, 0.2) is 24.5 Å². The van der Waals surface area contributed by atoms with Crippen LogP contribution in [-0.4, -0.2) is 52.7 Å². The zero-order valence-electron chi connectivity index (χ0n) is 15.2. The van der Waals surface area contributed by atoms with E-state index in [1.54, 1.807) is 44.2 Å². The van der Waals surface area contributed by atoms with E-state index in [0.717, 1.165) is 30.5 Å². The number of carbonyl (C=O) groups excluding carboxylic acids is 2. The number of nitrogens with zero attached hydrogens (tertiary/aromatic N) is 4. The lowest BCUT2D eigenvalue weighted by atomic mass is 9.93. The third-order valence-electron chi connectivity index (χ3n) is 4.44. The minimum Gasteiger partial charge on any atom is -0.497 e. The fourth-order valence-corrected chi connectivity index (χ4v) is 2.99. The van der Waals surface area contributed by atoms with Crippen molar-refractivity contribution in [2.24, 2.45) is 0 Å². The lowest BCUT2D eigenvalue weighted by Crippen LogP contribution is -2.31. The highest BCUT2D eigenvalue weighted by Crippen LogP contribution is 2.28. The molecule has 26 heavy (non-hydrogen) atoms. The predicted molar refractivity (Wildman–Crippen MR) is 94.9 cm³/mol. The molecule has 138 valence electrons. The van der Waals surface area contributed by atoms with Crippen LogP contribution in [-0.2, 0) is 17.8 Å². The molecule has 0 saturated heterocycles. The van der Waals surface area contributed by atoms with Gasteiger partial charge in [0.1, 0.15) is 18.0 Å². The van der Waals surface area contributed by atoms with Crippen molar-refractivity contribution in [1.82, 2.24) is 25.0 Å². The van der Waals surface area contributed by atoms with E-state index in [-0.39, 0.29) is 24.4 Å². The van der Waals surface area contributed by atoms with E-state index in [1.165, 1.54) is 4.90 Å². The summed E-state index contributed by atoms with van der Waals surface area (Å²) in [6, 6.07) is 3.11. The Morgan fingerprint density at radius 3 is 2.96 bits per heavy atom. The Morgan fingerprint density at radius 2 is 2.23 bits per heavy atom. The van der Waals surface area contributed by atoms with Crippen LogP contribution in [0.3, 0.4) is 0 Å². The number of pyridine rings is 1. The summed E-state index contributed by atoms with van der Waals surface area (Å²) in [6.45, 7) is 0.193. The summed E-state index contributed by atoms with van der Waals surface area (Å²) in [6.07, 6.45) is 6.11. The fraction of sp³-hybridized carbons (Fsp3) is 0.444. The van der Waals surface area contributed by atoms with Crippen LogP contribution in [0.1, 0.15) is 40.6 Å². The Hall–Kier alpha value is -2.90. The van der Waals surface area contributed by atoms with Gasteiger partial charge in [-0.25, -0.2) is 0 Å². The summed E-state index contributed by atoms with van der Waals surface area (Å²) >= 11 is 0.